The summed E-state index contributed by atoms with van der Waals surface area (Å²) in [7, 11) is 0. The number of carbonyl (C=O) groups excluding carboxylic acids is 2. The number of amides is 2. The lowest BCUT2D eigenvalue weighted by molar-refractivity contribution is -0.119. The molecular weight excluding hydrogens is 280 g/mol. The molecule has 0 saturated carbocycles. The van der Waals surface area contributed by atoms with Gasteiger partial charge in [-0.25, -0.2) is 0 Å². The van der Waals surface area contributed by atoms with E-state index < -0.39 is 5.91 Å². The summed E-state index contributed by atoms with van der Waals surface area (Å²) in [4.78, 5) is 24.6. The van der Waals surface area contributed by atoms with Crippen LogP contribution in [0.3, 0.4) is 0 Å². The molecule has 1 heterocycles. The van der Waals surface area contributed by atoms with Crippen LogP contribution in [0.15, 0.2) is 12.1 Å². The fourth-order valence-corrected chi connectivity index (χ4v) is 2.85. The zero-order valence-corrected chi connectivity index (χ0v) is 11.9. The lowest BCUT2D eigenvalue weighted by Gasteiger charge is -2.23. The molecule has 0 aliphatic carbocycles. The molecule has 0 aromatic heterocycles. The van der Waals surface area contributed by atoms with Crippen molar-refractivity contribution in [2.75, 3.05) is 23.7 Å². The average molecular weight is 297 g/mol. The Bertz CT molecular complexity index is 562. The second kappa shape index (κ2) is 5.58. The monoisotopic (exact) mass is 296 g/mol. The molecule has 7 heteroatoms. The van der Waals surface area contributed by atoms with Crippen LogP contribution in [-0.2, 0) is 4.79 Å². The minimum absolute atomic E-state index is 0.0434. The number of hydrogen-bond donors (Lipinski definition) is 3. The number of benzene rings is 1. The summed E-state index contributed by atoms with van der Waals surface area (Å²) in [5.41, 5.74) is 12.4. The second-order valence-corrected chi connectivity index (χ2v) is 5.30. The third-order valence-electron chi connectivity index (χ3n) is 3.26. The molecular formula is C13H17ClN4O2. The molecule has 1 aromatic carbocycles. The van der Waals surface area contributed by atoms with Gasteiger partial charge in [-0.1, -0.05) is 11.6 Å². The normalized spacial score (nSPS) is 18.1. The molecule has 0 spiro atoms. The maximum Gasteiger partial charge on any atom is 0.250 e. The van der Waals surface area contributed by atoms with Crippen molar-refractivity contribution in [3.8, 4) is 0 Å². The maximum atomic E-state index is 11.6. The van der Waals surface area contributed by atoms with Crippen molar-refractivity contribution < 1.29 is 9.59 Å². The summed E-state index contributed by atoms with van der Waals surface area (Å²) < 4.78 is 0. The molecule has 1 aromatic rings. The van der Waals surface area contributed by atoms with Gasteiger partial charge in [0.2, 0.25) is 5.91 Å². The van der Waals surface area contributed by atoms with E-state index in [1.807, 2.05) is 4.90 Å². The lowest BCUT2D eigenvalue weighted by Crippen LogP contribution is -2.36. The molecule has 2 amide bonds. The topological polar surface area (TPSA) is 101 Å². The Labute approximate surface area is 122 Å². The molecule has 1 aliphatic rings. The predicted octanol–water partition coefficient (Wildman–Crippen LogP) is 0.736. The van der Waals surface area contributed by atoms with Gasteiger partial charge in [0.25, 0.3) is 5.91 Å². The number of nitrogens with one attached hydrogen (secondary N) is 1. The summed E-state index contributed by atoms with van der Waals surface area (Å²) in [6, 6.07) is 3.16. The van der Waals surface area contributed by atoms with Crippen LogP contribution in [0.4, 0.5) is 11.4 Å². The highest BCUT2D eigenvalue weighted by Crippen LogP contribution is 2.34. The number of rotatable bonds is 3. The number of nitrogen functional groups attached to an aromatic ring is 1. The van der Waals surface area contributed by atoms with Crippen molar-refractivity contribution >= 4 is 34.8 Å². The van der Waals surface area contributed by atoms with E-state index in [0.717, 1.165) is 6.42 Å². The van der Waals surface area contributed by atoms with E-state index in [0.29, 0.717) is 35.1 Å². The average Bonchev–Trinajstić information content (AvgIpc) is 2.74. The second-order valence-electron chi connectivity index (χ2n) is 4.90. The predicted molar refractivity (Wildman–Crippen MR) is 78.8 cm³/mol. The molecule has 5 N–H and O–H groups in total. The Kier molecular flexibility index (Phi) is 4.04. The third-order valence-corrected chi connectivity index (χ3v) is 3.55. The van der Waals surface area contributed by atoms with E-state index in [1.165, 1.54) is 13.0 Å². The van der Waals surface area contributed by atoms with Crippen molar-refractivity contribution in [2.45, 2.75) is 19.4 Å². The molecule has 0 bridgehead atoms. The number of hydrogen-bond acceptors (Lipinski definition) is 4. The van der Waals surface area contributed by atoms with E-state index in [1.54, 1.807) is 6.07 Å². The van der Waals surface area contributed by atoms with Crippen LogP contribution >= 0.6 is 11.6 Å². The standard InChI is InChI=1S/C13H17ClN4O2/c1-7(19)17-9-2-3-18(6-9)12-10(13(16)20)4-8(15)5-11(12)14/h4-5,9H,2-3,6,15H2,1H3,(H2,16,20)(H,17,19). The van der Waals surface area contributed by atoms with Crippen molar-refractivity contribution in [3.63, 3.8) is 0 Å². The smallest absolute Gasteiger partial charge is 0.250 e. The van der Waals surface area contributed by atoms with E-state index in [2.05, 4.69) is 5.32 Å². The molecule has 1 saturated heterocycles. The highest BCUT2D eigenvalue weighted by atomic mass is 35.5. The third kappa shape index (κ3) is 2.96. The summed E-state index contributed by atoms with van der Waals surface area (Å²) in [5, 5.41) is 3.25. The fourth-order valence-electron chi connectivity index (χ4n) is 2.50. The van der Waals surface area contributed by atoms with Gasteiger partial charge in [0.05, 0.1) is 16.3 Å². The largest absolute Gasteiger partial charge is 0.399 e. The minimum atomic E-state index is -0.572. The molecule has 2 rings (SSSR count). The van der Waals surface area contributed by atoms with Crippen LogP contribution < -0.4 is 21.7 Å². The highest BCUT2D eigenvalue weighted by Gasteiger charge is 2.27. The van der Waals surface area contributed by atoms with Gasteiger partial charge in [-0.2, -0.15) is 0 Å². The van der Waals surface area contributed by atoms with Gasteiger partial charge in [0.1, 0.15) is 0 Å². The van der Waals surface area contributed by atoms with Crippen LogP contribution in [0.25, 0.3) is 0 Å². The van der Waals surface area contributed by atoms with Gasteiger partial charge in [-0.15, -0.1) is 0 Å². The van der Waals surface area contributed by atoms with E-state index in [4.69, 9.17) is 23.1 Å². The van der Waals surface area contributed by atoms with Crippen LogP contribution in [0.5, 0.6) is 0 Å². The van der Waals surface area contributed by atoms with Gasteiger partial charge < -0.3 is 21.7 Å². The fraction of sp³-hybridized carbons (Fsp3) is 0.385. The Morgan fingerprint density at radius 3 is 2.75 bits per heavy atom. The van der Waals surface area contributed by atoms with E-state index in [-0.39, 0.29) is 11.9 Å². The summed E-state index contributed by atoms with van der Waals surface area (Å²) in [6.07, 6.45) is 0.790. The van der Waals surface area contributed by atoms with E-state index in [9.17, 15) is 9.59 Å². The van der Waals surface area contributed by atoms with Gasteiger partial charge in [-0.05, 0) is 18.6 Å². The SMILES string of the molecule is CC(=O)NC1CCN(c2c(Cl)cc(N)cc2C(N)=O)C1. The molecule has 1 aliphatic heterocycles. The Hall–Kier alpha value is -1.95. The van der Waals surface area contributed by atoms with Gasteiger partial charge in [0.15, 0.2) is 0 Å². The molecule has 6 nitrogen and oxygen atoms in total. The van der Waals surface area contributed by atoms with Gasteiger partial charge in [0, 0.05) is 31.7 Å². The number of primary amides is 1. The molecule has 108 valence electrons. The van der Waals surface area contributed by atoms with Crippen molar-refractivity contribution in [2.24, 2.45) is 5.73 Å². The molecule has 20 heavy (non-hydrogen) atoms. The van der Waals surface area contributed by atoms with Gasteiger partial charge in [-0.3, -0.25) is 9.59 Å². The molecule has 1 atom stereocenters. The van der Waals surface area contributed by atoms with Crippen molar-refractivity contribution in [1.82, 2.24) is 5.32 Å². The quantitative estimate of drug-likeness (QED) is 0.716. The first-order valence-electron chi connectivity index (χ1n) is 6.29. The first kappa shape index (κ1) is 14.5. The van der Waals surface area contributed by atoms with Crippen molar-refractivity contribution in [1.29, 1.82) is 0 Å². The summed E-state index contributed by atoms with van der Waals surface area (Å²) in [6.45, 7) is 2.76. The molecule has 1 fully saturated rings. The molecule has 0 radical (unpaired) electrons. The number of nitrogens with zero attached hydrogens (tertiary/aromatic N) is 1. The van der Waals surface area contributed by atoms with Gasteiger partial charge >= 0.3 is 0 Å². The minimum Gasteiger partial charge on any atom is -0.399 e. The lowest BCUT2D eigenvalue weighted by atomic mass is 10.1. The zero-order chi connectivity index (χ0) is 14.9. The first-order chi connectivity index (χ1) is 9.38. The Morgan fingerprint density at radius 1 is 1.45 bits per heavy atom. The molecule has 1 unspecified atom stereocenters. The number of carbonyl (C=O) groups is 2. The summed E-state index contributed by atoms with van der Waals surface area (Å²) in [5.74, 6) is -0.646. The van der Waals surface area contributed by atoms with Crippen LogP contribution in [0.1, 0.15) is 23.7 Å². The number of nitrogens with two attached hydrogens (primary N) is 2. The summed E-state index contributed by atoms with van der Waals surface area (Å²) >= 11 is 6.20. The number of anilines is 2. The van der Waals surface area contributed by atoms with Crippen LogP contribution in [-0.4, -0.2) is 30.9 Å². The highest BCUT2D eigenvalue weighted by molar-refractivity contribution is 6.34. The van der Waals surface area contributed by atoms with Crippen LogP contribution in [0, 0.1) is 0 Å². The van der Waals surface area contributed by atoms with Crippen LogP contribution in [0.2, 0.25) is 5.02 Å². The zero-order valence-electron chi connectivity index (χ0n) is 11.1. The van der Waals surface area contributed by atoms with E-state index >= 15 is 0 Å². The first-order valence-corrected chi connectivity index (χ1v) is 6.67. The Balaban J connectivity index is 2.29. The number of halogens is 1. The maximum absolute atomic E-state index is 11.6. The Morgan fingerprint density at radius 2 is 2.15 bits per heavy atom. The van der Waals surface area contributed by atoms with Crippen molar-refractivity contribution in [3.05, 3.63) is 22.7 Å².